The maximum atomic E-state index is 5.01. The van der Waals surface area contributed by atoms with E-state index in [4.69, 9.17) is 15.0 Å². The Hall–Kier alpha value is -3.07. The van der Waals surface area contributed by atoms with Gasteiger partial charge in [0.05, 0.1) is 34.2 Å². The zero-order valence-electron chi connectivity index (χ0n) is 18.8. The number of nitrogens with zero attached hydrogens (tertiary/aromatic N) is 3. The molecule has 0 saturated carbocycles. The quantitative estimate of drug-likeness (QED) is 0.404. The van der Waals surface area contributed by atoms with Crippen LogP contribution in [0.4, 0.5) is 11.4 Å². The van der Waals surface area contributed by atoms with Gasteiger partial charge in [-0.1, -0.05) is 70.2 Å². The minimum Gasteiger partial charge on any atom is -0.251 e. The van der Waals surface area contributed by atoms with Gasteiger partial charge in [0, 0.05) is 0 Å². The summed E-state index contributed by atoms with van der Waals surface area (Å²) in [4.78, 5) is 15.0. The lowest BCUT2D eigenvalue weighted by molar-refractivity contribution is 0.870. The van der Waals surface area contributed by atoms with Crippen LogP contribution < -0.4 is 0 Å². The normalized spacial score (nSPS) is 12.7. The van der Waals surface area contributed by atoms with Crippen LogP contribution in [0.3, 0.4) is 0 Å². The van der Waals surface area contributed by atoms with Crippen molar-refractivity contribution in [2.75, 3.05) is 0 Å². The van der Waals surface area contributed by atoms with Gasteiger partial charge in [0.1, 0.15) is 0 Å². The van der Waals surface area contributed by atoms with Gasteiger partial charge >= 0.3 is 0 Å². The molecule has 0 atom stereocenters. The number of benzene rings is 2. The molecule has 154 valence electrons. The Labute approximate surface area is 180 Å². The number of hydrogen-bond acceptors (Lipinski definition) is 3. The third-order valence-corrected chi connectivity index (χ3v) is 5.08. The number of pyridine rings is 1. The van der Waals surface area contributed by atoms with Gasteiger partial charge in [-0.25, -0.2) is 4.98 Å². The summed E-state index contributed by atoms with van der Waals surface area (Å²) in [5.74, 6) is 0.506. The molecule has 3 rings (SSSR count). The molecule has 30 heavy (non-hydrogen) atoms. The van der Waals surface area contributed by atoms with E-state index in [-0.39, 0.29) is 11.8 Å². The Balaban J connectivity index is 2.09. The lowest BCUT2D eigenvalue weighted by Crippen LogP contribution is -2.16. The summed E-state index contributed by atoms with van der Waals surface area (Å²) in [7, 11) is 0. The van der Waals surface area contributed by atoms with Gasteiger partial charge < -0.3 is 0 Å². The third kappa shape index (κ3) is 5.10. The summed E-state index contributed by atoms with van der Waals surface area (Å²) in [6, 6.07) is 22.6. The topological polar surface area (TPSA) is 37.6 Å². The molecule has 2 aromatic carbocycles. The molecule has 0 aliphatic heterocycles. The predicted molar refractivity (Wildman–Crippen MR) is 129 cm³/mol. The van der Waals surface area contributed by atoms with E-state index in [1.165, 1.54) is 0 Å². The molecule has 1 aromatic heterocycles. The molecule has 0 N–H and O–H groups in total. The van der Waals surface area contributed by atoms with Crippen LogP contribution in [0.25, 0.3) is 0 Å². The Morgan fingerprint density at radius 1 is 0.600 bits per heavy atom. The first-order valence-electron chi connectivity index (χ1n) is 10.6. The van der Waals surface area contributed by atoms with Gasteiger partial charge in [-0.05, 0) is 61.1 Å². The van der Waals surface area contributed by atoms with Crippen molar-refractivity contribution in [2.45, 2.75) is 41.5 Å². The first kappa shape index (κ1) is 21.6. The van der Waals surface area contributed by atoms with Crippen molar-refractivity contribution < 1.29 is 0 Å². The van der Waals surface area contributed by atoms with Crippen LogP contribution >= 0.6 is 0 Å². The molecule has 0 radical (unpaired) electrons. The van der Waals surface area contributed by atoms with Crippen LogP contribution in [0.1, 0.15) is 50.2 Å². The van der Waals surface area contributed by atoms with Crippen molar-refractivity contribution >= 4 is 22.8 Å². The molecule has 0 saturated heterocycles. The van der Waals surface area contributed by atoms with Gasteiger partial charge in [0.25, 0.3) is 0 Å². The Kier molecular flexibility index (Phi) is 6.94. The standard InChI is InChI=1S/C27H31N3/c1-18(2)26(29-22-14-9-7-12-20(22)5)24-16-11-17-25(28-24)27(19(3)4)30-23-15-10-8-13-21(23)6/h7-19H,1-6H3. The van der Waals surface area contributed by atoms with Gasteiger partial charge in [-0.15, -0.1) is 0 Å². The Morgan fingerprint density at radius 3 is 1.37 bits per heavy atom. The fourth-order valence-electron chi connectivity index (χ4n) is 3.32. The second-order valence-corrected chi connectivity index (χ2v) is 8.28. The van der Waals surface area contributed by atoms with E-state index in [1.807, 2.05) is 36.4 Å². The highest BCUT2D eigenvalue weighted by molar-refractivity contribution is 6.05. The van der Waals surface area contributed by atoms with Crippen LogP contribution in [-0.4, -0.2) is 16.4 Å². The average Bonchev–Trinajstić information content (AvgIpc) is 2.72. The van der Waals surface area contributed by atoms with Crippen molar-refractivity contribution in [3.8, 4) is 0 Å². The summed E-state index contributed by atoms with van der Waals surface area (Å²) in [5, 5.41) is 0. The Morgan fingerprint density at radius 2 is 1.00 bits per heavy atom. The third-order valence-electron chi connectivity index (χ3n) is 5.08. The average molecular weight is 398 g/mol. The number of aryl methyl sites for hydroxylation is 2. The molecule has 0 aliphatic rings. The number of para-hydroxylation sites is 2. The number of aromatic nitrogens is 1. The first-order chi connectivity index (χ1) is 14.4. The van der Waals surface area contributed by atoms with Gasteiger partial charge in [0.15, 0.2) is 0 Å². The maximum Gasteiger partial charge on any atom is 0.0855 e. The monoisotopic (exact) mass is 397 g/mol. The van der Waals surface area contributed by atoms with Gasteiger partial charge in [0.2, 0.25) is 0 Å². The van der Waals surface area contributed by atoms with Crippen molar-refractivity contribution in [1.29, 1.82) is 0 Å². The zero-order chi connectivity index (χ0) is 21.7. The SMILES string of the molecule is Cc1ccccc1N=C(c1cccc(C(=Nc2ccccc2C)C(C)C)n1)C(C)C. The van der Waals surface area contributed by atoms with Crippen molar-refractivity contribution in [2.24, 2.45) is 21.8 Å². The summed E-state index contributed by atoms with van der Waals surface area (Å²) in [6.45, 7) is 12.8. The molecule has 0 fully saturated rings. The van der Waals surface area contributed by atoms with E-state index >= 15 is 0 Å². The van der Waals surface area contributed by atoms with Crippen LogP contribution in [0.15, 0.2) is 76.7 Å². The maximum absolute atomic E-state index is 5.01. The molecule has 0 unspecified atom stereocenters. The molecule has 0 bridgehead atoms. The van der Waals surface area contributed by atoms with E-state index in [0.29, 0.717) is 0 Å². The predicted octanol–water partition coefficient (Wildman–Crippen LogP) is 7.25. The Bertz CT molecular complexity index is 992. The highest BCUT2D eigenvalue weighted by Gasteiger charge is 2.16. The van der Waals surface area contributed by atoms with Crippen LogP contribution in [-0.2, 0) is 0 Å². The molecule has 3 heteroatoms. The molecular weight excluding hydrogens is 366 g/mol. The smallest absolute Gasteiger partial charge is 0.0855 e. The molecule has 3 nitrogen and oxygen atoms in total. The fraction of sp³-hybridized carbons (Fsp3) is 0.296. The number of aliphatic imine (C=N–C) groups is 2. The molecule has 0 spiro atoms. The highest BCUT2D eigenvalue weighted by atomic mass is 14.8. The minimum atomic E-state index is 0.253. The van der Waals surface area contributed by atoms with Gasteiger partial charge in [-0.3, -0.25) is 9.98 Å². The highest BCUT2D eigenvalue weighted by Crippen LogP contribution is 2.23. The van der Waals surface area contributed by atoms with Crippen LogP contribution in [0, 0.1) is 25.7 Å². The molecular formula is C27H31N3. The van der Waals surface area contributed by atoms with Crippen molar-refractivity contribution in [3.05, 3.63) is 89.2 Å². The minimum absolute atomic E-state index is 0.253. The zero-order valence-corrected chi connectivity index (χ0v) is 18.8. The molecule has 0 amide bonds. The van der Waals surface area contributed by atoms with E-state index in [2.05, 4.69) is 71.9 Å². The molecule has 0 aliphatic carbocycles. The largest absolute Gasteiger partial charge is 0.251 e. The summed E-state index contributed by atoms with van der Waals surface area (Å²) < 4.78 is 0. The van der Waals surface area contributed by atoms with Crippen LogP contribution in [0.2, 0.25) is 0 Å². The van der Waals surface area contributed by atoms with E-state index in [9.17, 15) is 0 Å². The van der Waals surface area contributed by atoms with Crippen molar-refractivity contribution in [3.63, 3.8) is 0 Å². The molecule has 1 heterocycles. The summed E-state index contributed by atoms with van der Waals surface area (Å²) in [5.41, 5.74) is 8.10. The van der Waals surface area contributed by atoms with Crippen LogP contribution in [0.5, 0.6) is 0 Å². The second kappa shape index (κ2) is 9.62. The van der Waals surface area contributed by atoms with Crippen molar-refractivity contribution in [1.82, 2.24) is 4.98 Å². The molecule has 3 aromatic rings. The number of hydrogen-bond donors (Lipinski definition) is 0. The van der Waals surface area contributed by atoms with Gasteiger partial charge in [-0.2, -0.15) is 0 Å². The second-order valence-electron chi connectivity index (χ2n) is 8.28. The lowest BCUT2D eigenvalue weighted by Gasteiger charge is -2.15. The lowest BCUT2D eigenvalue weighted by atomic mass is 10.0. The van der Waals surface area contributed by atoms with E-state index in [1.54, 1.807) is 0 Å². The fourth-order valence-corrected chi connectivity index (χ4v) is 3.32. The van der Waals surface area contributed by atoms with E-state index < -0.39 is 0 Å². The first-order valence-corrected chi connectivity index (χ1v) is 10.6. The van der Waals surface area contributed by atoms with E-state index in [0.717, 1.165) is 45.3 Å². The summed E-state index contributed by atoms with van der Waals surface area (Å²) in [6.07, 6.45) is 0. The number of rotatable bonds is 6. The summed E-state index contributed by atoms with van der Waals surface area (Å²) >= 11 is 0.